The number of carbonyl (C=O) groups excluding carboxylic acids is 1. The maximum absolute atomic E-state index is 10.8. The van der Waals surface area contributed by atoms with Gasteiger partial charge in [0.05, 0.1) is 6.61 Å². The second-order valence-corrected chi connectivity index (χ2v) is 3.70. The van der Waals surface area contributed by atoms with Crippen LogP contribution in [0.15, 0.2) is 24.3 Å². The molecule has 0 aliphatic carbocycles. The van der Waals surface area contributed by atoms with Gasteiger partial charge in [-0.3, -0.25) is 0 Å². The molecule has 13 heavy (non-hydrogen) atoms. The van der Waals surface area contributed by atoms with E-state index in [9.17, 15) is 4.79 Å². The molecule has 1 fully saturated rings. The van der Waals surface area contributed by atoms with Crippen LogP contribution in [0.5, 0.6) is 0 Å². The third kappa shape index (κ3) is 1.52. The van der Waals surface area contributed by atoms with Gasteiger partial charge in [0.15, 0.2) is 6.10 Å². The fraction of sp³-hybridized carbons (Fsp3) is 0.500. The summed E-state index contributed by atoms with van der Waals surface area (Å²) in [5.74, 6) is -0.276. The molecule has 0 aromatic carbocycles. The van der Waals surface area contributed by atoms with Crippen molar-refractivity contribution < 1.29 is 14.3 Å². The fourth-order valence-electron chi connectivity index (χ4n) is 1.62. The Balaban J connectivity index is 2.04. The lowest BCUT2D eigenvalue weighted by Crippen LogP contribution is -2.29. The van der Waals surface area contributed by atoms with Crippen molar-refractivity contribution in [1.82, 2.24) is 0 Å². The van der Waals surface area contributed by atoms with Crippen LogP contribution in [0.3, 0.4) is 0 Å². The average molecular weight is 180 g/mol. The topological polar surface area (TPSA) is 38.8 Å². The van der Waals surface area contributed by atoms with Crippen LogP contribution in [0, 0.1) is 0 Å². The lowest BCUT2D eigenvalue weighted by atomic mass is 9.96. The minimum atomic E-state index is -0.297. The Morgan fingerprint density at radius 1 is 1.85 bits per heavy atom. The zero-order chi connectivity index (χ0) is 9.47. The van der Waals surface area contributed by atoms with Crippen LogP contribution < -0.4 is 0 Å². The van der Waals surface area contributed by atoms with Crippen molar-refractivity contribution in [1.29, 1.82) is 0 Å². The second kappa shape index (κ2) is 2.70. The first kappa shape index (κ1) is 8.51. The summed E-state index contributed by atoms with van der Waals surface area (Å²) in [6, 6.07) is 0. The molecule has 0 N–H and O–H groups in total. The van der Waals surface area contributed by atoms with Crippen LogP contribution in [-0.2, 0) is 14.3 Å². The van der Waals surface area contributed by atoms with E-state index in [0.29, 0.717) is 6.61 Å². The molecule has 2 aliphatic rings. The number of rotatable bonds is 3. The molecule has 2 atom stereocenters. The summed E-state index contributed by atoms with van der Waals surface area (Å²) in [4.78, 5) is 10.8. The molecule has 3 heteroatoms. The first-order chi connectivity index (χ1) is 6.12. The third-order valence-corrected chi connectivity index (χ3v) is 2.28. The number of epoxide rings is 1. The average Bonchev–Trinajstić information content (AvgIpc) is 2.65. The highest BCUT2D eigenvalue weighted by Gasteiger charge is 2.53. The molecule has 1 saturated heterocycles. The van der Waals surface area contributed by atoms with Crippen molar-refractivity contribution in [3.05, 3.63) is 24.3 Å². The molecule has 2 rings (SSSR count). The van der Waals surface area contributed by atoms with E-state index in [2.05, 4.69) is 6.58 Å². The van der Waals surface area contributed by atoms with Crippen LogP contribution in [-0.4, -0.2) is 24.3 Å². The molecule has 0 saturated carbocycles. The zero-order valence-corrected chi connectivity index (χ0v) is 7.58. The predicted octanol–water partition coefficient (Wildman–Crippen LogP) is 1.20. The smallest absolute Gasteiger partial charge is 0.331 e. The summed E-state index contributed by atoms with van der Waals surface area (Å²) >= 11 is 0. The maximum atomic E-state index is 10.8. The third-order valence-electron chi connectivity index (χ3n) is 2.28. The standard InChI is InChI=1S/C10H12O3/c1-7(2)5-10(6-12-10)8-3-4-9(11)13-8/h3-4,8H,1,5-6H2,2H3/t8?,10-/m1/s1. The van der Waals surface area contributed by atoms with Gasteiger partial charge < -0.3 is 9.47 Å². The van der Waals surface area contributed by atoms with Gasteiger partial charge in [-0.1, -0.05) is 5.57 Å². The van der Waals surface area contributed by atoms with E-state index in [1.807, 2.05) is 6.92 Å². The van der Waals surface area contributed by atoms with Crippen molar-refractivity contribution in [2.75, 3.05) is 6.61 Å². The molecule has 0 spiro atoms. The minimum Gasteiger partial charge on any atom is -0.452 e. The van der Waals surface area contributed by atoms with E-state index in [1.165, 1.54) is 6.08 Å². The van der Waals surface area contributed by atoms with Crippen LogP contribution >= 0.6 is 0 Å². The molecule has 0 aromatic heterocycles. The van der Waals surface area contributed by atoms with E-state index in [1.54, 1.807) is 6.08 Å². The van der Waals surface area contributed by atoms with Gasteiger partial charge in [-0.05, 0) is 13.0 Å². The Morgan fingerprint density at radius 3 is 2.92 bits per heavy atom. The highest BCUT2D eigenvalue weighted by molar-refractivity contribution is 5.84. The molecule has 0 amide bonds. The minimum absolute atomic E-state index is 0.211. The van der Waals surface area contributed by atoms with Gasteiger partial charge in [0.25, 0.3) is 0 Å². The van der Waals surface area contributed by atoms with Gasteiger partial charge in [-0.25, -0.2) is 4.79 Å². The van der Waals surface area contributed by atoms with E-state index in [4.69, 9.17) is 9.47 Å². The molecular weight excluding hydrogens is 168 g/mol. The van der Waals surface area contributed by atoms with Crippen molar-refractivity contribution in [3.63, 3.8) is 0 Å². The number of hydrogen-bond donors (Lipinski definition) is 0. The van der Waals surface area contributed by atoms with Crippen LogP contribution in [0.2, 0.25) is 0 Å². The van der Waals surface area contributed by atoms with Crippen LogP contribution in [0.25, 0.3) is 0 Å². The van der Waals surface area contributed by atoms with E-state index in [-0.39, 0.29) is 17.7 Å². The summed E-state index contributed by atoms with van der Waals surface area (Å²) in [5.41, 5.74) is 0.753. The monoisotopic (exact) mass is 180 g/mol. The van der Waals surface area contributed by atoms with Crippen LogP contribution in [0.4, 0.5) is 0 Å². The molecular formula is C10H12O3. The molecule has 0 bridgehead atoms. The van der Waals surface area contributed by atoms with E-state index >= 15 is 0 Å². The highest BCUT2D eigenvalue weighted by Crippen LogP contribution is 2.40. The highest BCUT2D eigenvalue weighted by atomic mass is 16.6. The van der Waals surface area contributed by atoms with Crippen molar-refractivity contribution in [2.45, 2.75) is 25.0 Å². The lowest BCUT2D eigenvalue weighted by Gasteiger charge is -2.17. The van der Waals surface area contributed by atoms with Gasteiger partial charge in [-0.15, -0.1) is 6.58 Å². The summed E-state index contributed by atoms with van der Waals surface area (Å²) < 4.78 is 10.4. The molecule has 2 heterocycles. The number of ether oxygens (including phenoxy) is 2. The molecule has 1 unspecified atom stereocenters. The number of esters is 1. The van der Waals surface area contributed by atoms with Gasteiger partial charge in [0.2, 0.25) is 0 Å². The zero-order valence-electron chi connectivity index (χ0n) is 7.58. The molecule has 70 valence electrons. The normalized spacial score (nSPS) is 36.1. The molecule has 3 nitrogen and oxygen atoms in total. The fourth-order valence-corrected chi connectivity index (χ4v) is 1.62. The van der Waals surface area contributed by atoms with Crippen molar-refractivity contribution in [3.8, 4) is 0 Å². The summed E-state index contributed by atoms with van der Waals surface area (Å²) in [6.07, 6.45) is 3.76. The SMILES string of the molecule is C=C(C)C[C@]1(C2C=CC(=O)O2)CO1. The van der Waals surface area contributed by atoms with Gasteiger partial charge in [0.1, 0.15) is 5.60 Å². The maximum Gasteiger partial charge on any atom is 0.331 e. The van der Waals surface area contributed by atoms with Crippen LogP contribution in [0.1, 0.15) is 13.3 Å². The Labute approximate surface area is 77.0 Å². The Kier molecular flexibility index (Phi) is 1.77. The Morgan fingerprint density at radius 2 is 2.54 bits per heavy atom. The van der Waals surface area contributed by atoms with E-state index < -0.39 is 0 Å². The Bertz CT molecular complexity index is 287. The quantitative estimate of drug-likeness (QED) is 0.372. The van der Waals surface area contributed by atoms with Gasteiger partial charge in [-0.2, -0.15) is 0 Å². The van der Waals surface area contributed by atoms with E-state index in [0.717, 1.165) is 12.0 Å². The van der Waals surface area contributed by atoms with Crippen molar-refractivity contribution >= 4 is 5.97 Å². The van der Waals surface area contributed by atoms with Crippen molar-refractivity contribution in [2.24, 2.45) is 0 Å². The Hall–Kier alpha value is -1.09. The largest absolute Gasteiger partial charge is 0.452 e. The predicted molar refractivity (Wildman–Crippen MR) is 47.1 cm³/mol. The molecule has 0 aromatic rings. The number of cyclic esters (lactones) is 1. The molecule has 2 aliphatic heterocycles. The second-order valence-electron chi connectivity index (χ2n) is 3.70. The first-order valence-electron chi connectivity index (χ1n) is 4.29. The summed E-state index contributed by atoms with van der Waals surface area (Å²) in [6.45, 7) is 6.43. The first-order valence-corrected chi connectivity index (χ1v) is 4.29. The number of hydrogen-bond acceptors (Lipinski definition) is 3. The number of carbonyl (C=O) groups is 1. The molecule has 0 radical (unpaired) electrons. The van der Waals surface area contributed by atoms with Gasteiger partial charge >= 0.3 is 5.97 Å². The van der Waals surface area contributed by atoms with Gasteiger partial charge in [0, 0.05) is 12.5 Å². The summed E-state index contributed by atoms with van der Waals surface area (Å²) in [5, 5.41) is 0. The lowest BCUT2D eigenvalue weighted by molar-refractivity contribution is -0.141. The summed E-state index contributed by atoms with van der Waals surface area (Å²) in [7, 11) is 0.